The molecule has 8 heteroatoms. The minimum Gasteiger partial charge on any atom is -0.378 e. The fraction of sp³-hybridized carbons (Fsp3) is 0.300. The van der Waals surface area contributed by atoms with Gasteiger partial charge in [-0.2, -0.15) is 0 Å². The van der Waals surface area contributed by atoms with Gasteiger partial charge in [0.2, 0.25) is 5.91 Å². The number of halogens is 2. The molecule has 1 saturated heterocycles. The summed E-state index contributed by atoms with van der Waals surface area (Å²) in [5.41, 5.74) is 0.825. The number of hydrogen-bond acceptors (Lipinski definition) is 4. The summed E-state index contributed by atoms with van der Waals surface area (Å²) in [6.45, 7) is 3.80. The monoisotopic (exact) mass is 389 g/mol. The third kappa shape index (κ3) is 4.64. The van der Waals surface area contributed by atoms with Crippen LogP contribution in [0, 0.1) is 11.6 Å². The summed E-state index contributed by atoms with van der Waals surface area (Å²) in [5.74, 6) is -2.40. The number of hydrogen-bond donors (Lipinski definition) is 2. The third-order valence-electron chi connectivity index (χ3n) is 4.43. The van der Waals surface area contributed by atoms with Gasteiger partial charge in [0.15, 0.2) is 0 Å². The molecule has 1 unspecified atom stereocenters. The number of nitrogens with one attached hydrogen (secondary N) is 2. The van der Waals surface area contributed by atoms with E-state index in [9.17, 15) is 18.4 Å². The van der Waals surface area contributed by atoms with E-state index in [4.69, 9.17) is 4.74 Å². The van der Waals surface area contributed by atoms with Gasteiger partial charge in [-0.25, -0.2) is 8.78 Å². The lowest BCUT2D eigenvalue weighted by Gasteiger charge is -2.30. The van der Waals surface area contributed by atoms with Gasteiger partial charge >= 0.3 is 0 Å². The lowest BCUT2D eigenvalue weighted by Crippen LogP contribution is -2.42. The minimum atomic E-state index is -0.951. The number of carbonyl (C=O) groups is 2. The number of morpholine rings is 1. The zero-order valence-corrected chi connectivity index (χ0v) is 15.4. The Labute approximate surface area is 161 Å². The van der Waals surface area contributed by atoms with Gasteiger partial charge in [0.05, 0.1) is 30.2 Å². The molecule has 3 rings (SSSR count). The maximum atomic E-state index is 13.7. The van der Waals surface area contributed by atoms with Crippen LogP contribution in [-0.4, -0.2) is 44.2 Å². The summed E-state index contributed by atoms with van der Waals surface area (Å²) in [4.78, 5) is 26.7. The highest BCUT2D eigenvalue weighted by Crippen LogP contribution is 2.27. The molecule has 1 heterocycles. The van der Waals surface area contributed by atoms with E-state index in [0.717, 1.165) is 0 Å². The number of amides is 2. The van der Waals surface area contributed by atoms with E-state index in [-0.39, 0.29) is 5.56 Å². The largest absolute Gasteiger partial charge is 0.378 e. The Kier molecular flexibility index (Phi) is 6.20. The van der Waals surface area contributed by atoms with E-state index < -0.39 is 29.5 Å². The first-order chi connectivity index (χ1) is 13.5. The molecular weight excluding hydrogens is 368 g/mol. The molecule has 1 atom stereocenters. The number of anilines is 2. The molecule has 2 N–H and O–H groups in total. The Morgan fingerprint density at radius 1 is 1.11 bits per heavy atom. The van der Waals surface area contributed by atoms with Crippen LogP contribution in [0.2, 0.25) is 0 Å². The van der Waals surface area contributed by atoms with Crippen molar-refractivity contribution in [3.05, 3.63) is 59.7 Å². The van der Waals surface area contributed by atoms with E-state index in [1.165, 1.54) is 43.3 Å². The number of benzene rings is 2. The number of ether oxygens (including phenoxy) is 1. The lowest BCUT2D eigenvalue weighted by molar-refractivity contribution is -0.117. The maximum absolute atomic E-state index is 13.7. The first-order valence-electron chi connectivity index (χ1n) is 8.94. The fourth-order valence-electron chi connectivity index (χ4n) is 2.91. The van der Waals surface area contributed by atoms with Crippen molar-refractivity contribution in [3.8, 4) is 0 Å². The zero-order chi connectivity index (χ0) is 20.1. The molecule has 0 saturated carbocycles. The lowest BCUT2D eigenvalue weighted by atomic mass is 10.1. The maximum Gasteiger partial charge on any atom is 0.254 e. The molecule has 1 aliphatic rings. The van der Waals surface area contributed by atoms with Crippen molar-refractivity contribution in [1.82, 2.24) is 5.32 Å². The summed E-state index contributed by atoms with van der Waals surface area (Å²) in [5, 5.41) is 5.10. The van der Waals surface area contributed by atoms with Crippen LogP contribution in [0.3, 0.4) is 0 Å². The van der Waals surface area contributed by atoms with Gasteiger partial charge in [-0.05, 0) is 37.3 Å². The van der Waals surface area contributed by atoms with Crippen molar-refractivity contribution in [2.24, 2.45) is 0 Å². The average molecular weight is 389 g/mol. The highest BCUT2D eigenvalue weighted by Gasteiger charge is 2.21. The molecule has 0 bridgehead atoms. The van der Waals surface area contributed by atoms with Crippen LogP contribution in [0.1, 0.15) is 17.3 Å². The highest BCUT2D eigenvalue weighted by atomic mass is 19.1. The molecule has 148 valence electrons. The first-order valence-corrected chi connectivity index (χ1v) is 8.94. The topological polar surface area (TPSA) is 70.7 Å². The van der Waals surface area contributed by atoms with Crippen molar-refractivity contribution in [2.75, 3.05) is 36.5 Å². The van der Waals surface area contributed by atoms with Crippen LogP contribution < -0.4 is 15.5 Å². The van der Waals surface area contributed by atoms with Crippen molar-refractivity contribution in [3.63, 3.8) is 0 Å². The second-order valence-electron chi connectivity index (χ2n) is 6.43. The summed E-state index contributed by atoms with van der Waals surface area (Å²) in [6, 6.07) is 8.70. The third-order valence-corrected chi connectivity index (χ3v) is 4.43. The highest BCUT2D eigenvalue weighted by molar-refractivity contribution is 6.02. The first kappa shape index (κ1) is 19.8. The van der Waals surface area contributed by atoms with Gasteiger partial charge in [-0.1, -0.05) is 12.1 Å². The summed E-state index contributed by atoms with van der Waals surface area (Å²) in [7, 11) is 0. The van der Waals surface area contributed by atoms with Gasteiger partial charge in [-0.3, -0.25) is 9.59 Å². The minimum absolute atomic E-state index is 0.151. The molecule has 0 aromatic heterocycles. The predicted octanol–water partition coefficient (Wildman–Crippen LogP) is 2.56. The summed E-state index contributed by atoms with van der Waals surface area (Å²) < 4.78 is 32.8. The second kappa shape index (κ2) is 8.79. The molecule has 28 heavy (non-hydrogen) atoms. The van der Waals surface area contributed by atoms with Gasteiger partial charge in [-0.15, -0.1) is 0 Å². The van der Waals surface area contributed by atoms with Crippen molar-refractivity contribution in [2.45, 2.75) is 13.0 Å². The van der Waals surface area contributed by atoms with E-state index in [1.807, 2.05) is 4.90 Å². The number of nitrogens with zero attached hydrogens (tertiary/aromatic N) is 1. The molecular formula is C20H21F2N3O3. The molecule has 2 amide bonds. The van der Waals surface area contributed by atoms with Crippen LogP contribution in [0.5, 0.6) is 0 Å². The predicted molar refractivity (Wildman–Crippen MR) is 101 cm³/mol. The normalized spacial score (nSPS) is 15.0. The van der Waals surface area contributed by atoms with Crippen LogP contribution in [0.4, 0.5) is 20.2 Å². The standard InChI is InChI=1S/C20H21F2N3O3/c1-13(23-20(27)15-4-2-3-5-16(15)22)19(26)24-17-12-14(21)6-7-18(17)25-8-10-28-11-9-25/h2-7,12-13H,8-11H2,1H3,(H,23,27)(H,24,26). The van der Waals surface area contributed by atoms with Gasteiger partial charge in [0.25, 0.3) is 5.91 Å². The Morgan fingerprint density at radius 2 is 1.82 bits per heavy atom. The van der Waals surface area contributed by atoms with Gasteiger partial charge < -0.3 is 20.3 Å². The molecule has 6 nitrogen and oxygen atoms in total. The molecule has 1 fully saturated rings. The average Bonchev–Trinajstić information content (AvgIpc) is 2.69. The van der Waals surface area contributed by atoms with Crippen LogP contribution in [0.25, 0.3) is 0 Å². The van der Waals surface area contributed by atoms with Crippen LogP contribution in [-0.2, 0) is 9.53 Å². The SMILES string of the molecule is CC(NC(=O)c1ccccc1F)C(=O)Nc1cc(F)ccc1N1CCOCC1. The van der Waals surface area contributed by atoms with E-state index >= 15 is 0 Å². The number of carbonyl (C=O) groups excluding carboxylic acids is 2. The van der Waals surface area contributed by atoms with Crippen molar-refractivity contribution < 1.29 is 23.1 Å². The van der Waals surface area contributed by atoms with Crippen LogP contribution >= 0.6 is 0 Å². The van der Waals surface area contributed by atoms with Crippen LogP contribution in [0.15, 0.2) is 42.5 Å². The summed E-state index contributed by atoms with van der Waals surface area (Å²) in [6.07, 6.45) is 0. The molecule has 2 aromatic carbocycles. The molecule has 0 aliphatic carbocycles. The molecule has 0 radical (unpaired) electrons. The van der Waals surface area contributed by atoms with Gasteiger partial charge in [0.1, 0.15) is 17.7 Å². The van der Waals surface area contributed by atoms with E-state index in [2.05, 4.69) is 10.6 Å². The molecule has 2 aromatic rings. The Hall–Kier alpha value is -3.00. The number of rotatable bonds is 5. The molecule has 1 aliphatic heterocycles. The summed E-state index contributed by atoms with van der Waals surface area (Å²) >= 11 is 0. The quantitative estimate of drug-likeness (QED) is 0.825. The Balaban J connectivity index is 1.71. The van der Waals surface area contributed by atoms with E-state index in [0.29, 0.717) is 37.7 Å². The smallest absolute Gasteiger partial charge is 0.254 e. The zero-order valence-electron chi connectivity index (χ0n) is 15.4. The molecule has 0 spiro atoms. The van der Waals surface area contributed by atoms with Crippen molar-refractivity contribution >= 4 is 23.2 Å². The Bertz CT molecular complexity index is 870. The van der Waals surface area contributed by atoms with E-state index in [1.54, 1.807) is 6.07 Å². The fourth-order valence-corrected chi connectivity index (χ4v) is 2.91. The Morgan fingerprint density at radius 3 is 2.54 bits per heavy atom. The second-order valence-corrected chi connectivity index (χ2v) is 6.43. The van der Waals surface area contributed by atoms with Gasteiger partial charge in [0, 0.05) is 13.1 Å². The van der Waals surface area contributed by atoms with Crippen molar-refractivity contribution in [1.29, 1.82) is 0 Å².